The molecule has 0 bridgehead atoms. The molecule has 1 N–H and O–H groups in total. The Labute approximate surface area is 134 Å². The first-order valence-corrected chi connectivity index (χ1v) is 7.78. The smallest absolute Gasteiger partial charge is 0.387 e. The van der Waals surface area contributed by atoms with Gasteiger partial charge in [0.15, 0.2) is 0 Å². The molecule has 122 valence electrons. The van der Waals surface area contributed by atoms with E-state index in [-0.39, 0.29) is 5.75 Å². The summed E-state index contributed by atoms with van der Waals surface area (Å²) < 4.78 is 28.9. The summed E-state index contributed by atoms with van der Waals surface area (Å²) in [5.41, 5.74) is 3.39. The Kier molecular flexibility index (Phi) is 5.20. The van der Waals surface area contributed by atoms with Crippen molar-refractivity contribution in [2.75, 3.05) is 26.2 Å². The van der Waals surface area contributed by atoms with Crippen LogP contribution in [-0.4, -0.2) is 37.7 Å². The molecule has 0 aliphatic carbocycles. The lowest BCUT2D eigenvalue weighted by molar-refractivity contribution is -0.0498. The number of hydrogen-bond donors (Lipinski definition) is 1. The van der Waals surface area contributed by atoms with E-state index < -0.39 is 6.61 Å². The topological polar surface area (TPSA) is 24.5 Å². The van der Waals surface area contributed by atoms with E-state index in [9.17, 15) is 8.78 Å². The van der Waals surface area contributed by atoms with E-state index in [2.05, 4.69) is 27.1 Å². The van der Waals surface area contributed by atoms with E-state index in [0.29, 0.717) is 0 Å². The summed E-state index contributed by atoms with van der Waals surface area (Å²) in [6.45, 7) is 2.21. The van der Waals surface area contributed by atoms with Gasteiger partial charge >= 0.3 is 6.61 Å². The van der Waals surface area contributed by atoms with Crippen LogP contribution >= 0.6 is 0 Å². The second-order valence-electron chi connectivity index (χ2n) is 5.59. The fraction of sp³-hybridized carbons (Fsp3) is 0.333. The Balaban J connectivity index is 1.79. The van der Waals surface area contributed by atoms with Gasteiger partial charge in [-0.1, -0.05) is 36.4 Å². The number of benzene rings is 2. The van der Waals surface area contributed by atoms with Gasteiger partial charge in [0.25, 0.3) is 0 Å². The fourth-order valence-electron chi connectivity index (χ4n) is 2.87. The van der Waals surface area contributed by atoms with Gasteiger partial charge in [0.2, 0.25) is 0 Å². The molecule has 0 saturated carbocycles. The zero-order chi connectivity index (χ0) is 16.1. The molecule has 23 heavy (non-hydrogen) atoms. The van der Waals surface area contributed by atoms with Crippen LogP contribution in [0.2, 0.25) is 0 Å². The van der Waals surface area contributed by atoms with E-state index in [1.165, 1.54) is 5.56 Å². The van der Waals surface area contributed by atoms with Crippen LogP contribution in [0.4, 0.5) is 8.78 Å². The maximum Gasteiger partial charge on any atom is 0.387 e. The van der Waals surface area contributed by atoms with E-state index in [0.717, 1.165) is 43.9 Å². The number of ether oxygens (including phenoxy) is 1. The number of rotatable bonds is 5. The fourth-order valence-corrected chi connectivity index (χ4v) is 2.87. The molecule has 3 nitrogen and oxygen atoms in total. The number of nitrogens with one attached hydrogen (secondary N) is 1. The minimum Gasteiger partial charge on any atom is -0.435 e. The van der Waals surface area contributed by atoms with Crippen molar-refractivity contribution in [2.45, 2.75) is 13.2 Å². The monoisotopic (exact) mass is 318 g/mol. The van der Waals surface area contributed by atoms with Crippen LogP contribution in [0.1, 0.15) is 5.56 Å². The van der Waals surface area contributed by atoms with E-state index >= 15 is 0 Å². The van der Waals surface area contributed by atoms with Gasteiger partial charge in [-0.2, -0.15) is 8.78 Å². The molecule has 1 aliphatic heterocycles. The summed E-state index contributed by atoms with van der Waals surface area (Å²) in [6, 6.07) is 15.1. The first-order chi connectivity index (χ1) is 11.2. The van der Waals surface area contributed by atoms with Gasteiger partial charge in [0.05, 0.1) is 0 Å². The van der Waals surface area contributed by atoms with Gasteiger partial charge in [0, 0.05) is 32.7 Å². The normalized spacial score (nSPS) is 15.8. The third-order valence-electron chi connectivity index (χ3n) is 4.01. The molecule has 2 aromatic rings. The Hall–Kier alpha value is -1.98. The van der Waals surface area contributed by atoms with Gasteiger partial charge in [0.1, 0.15) is 5.75 Å². The van der Waals surface area contributed by atoms with Crippen LogP contribution < -0.4 is 10.1 Å². The van der Waals surface area contributed by atoms with Crippen molar-refractivity contribution < 1.29 is 13.5 Å². The second kappa shape index (κ2) is 7.53. The number of nitrogens with zero attached hydrogens (tertiary/aromatic N) is 1. The first kappa shape index (κ1) is 15.9. The minimum absolute atomic E-state index is 0.184. The molecule has 3 rings (SSSR count). The highest BCUT2D eigenvalue weighted by Crippen LogP contribution is 2.27. The highest BCUT2D eigenvalue weighted by Gasteiger charge is 2.13. The quantitative estimate of drug-likeness (QED) is 0.915. The average molecular weight is 318 g/mol. The predicted molar refractivity (Wildman–Crippen MR) is 86.7 cm³/mol. The summed E-state index contributed by atoms with van der Waals surface area (Å²) in [4.78, 5) is 2.42. The summed E-state index contributed by atoms with van der Waals surface area (Å²) >= 11 is 0. The van der Waals surface area contributed by atoms with Crippen LogP contribution in [-0.2, 0) is 6.54 Å². The summed E-state index contributed by atoms with van der Waals surface area (Å²) in [5, 5.41) is 3.35. The zero-order valence-electron chi connectivity index (χ0n) is 12.8. The van der Waals surface area contributed by atoms with Crippen molar-refractivity contribution in [3.63, 3.8) is 0 Å². The third-order valence-corrected chi connectivity index (χ3v) is 4.01. The van der Waals surface area contributed by atoms with Crippen molar-refractivity contribution in [1.82, 2.24) is 10.2 Å². The SMILES string of the molecule is FC(F)Oc1ccc(-c2ccccc2CN2CCNCC2)cc1. The van der Waals surface area contributed by atoms with Crippen LogP contribution in [0.3, 0.4) is 0 Å². The maximum absolute atomic E-state index is 12.2. The summed E-state index contributed by atoms with van der Waals surface area (Å²) in [6.07, 6.45) is 0. The minimum atomic E-state index is -2.79. The molecular formula is C18H20F2N2O. The Bertz CT molecular complexity index is 625. The highest BCUT2D eigenvalue weighted by molar-refractivity contribution is 5.67. The molecule has 0 radical (unpaired) electrons. The summed E-state index contributed by atoms with van der Waals surface area (Å²) in [7, 11) is 0. The molecule has 0 amide bonds. The molecular weight excluding hydrogens is 298 g/mol. The molecule has 1 heterocycles. The van der Waals surface area contributed by atoms with Crippen LogP contribution in [0.25, 0.3) is 11.1 Å². The van der Waals surface area contributed by atoms with Gasteiger partial charge in [-0.25, -0.2) is 0 Å². The predicted octanol–water partition coefficient (Wildman–Crippen LogP) is 3.36. The lowest BCUT2D eigenvalue weighted by Crippen LogP contribution is -2.42. The van der Waals surface area contributed by atoms with Crippen LogP contribution in [0.5, 0.6) is 5.75 Å². The third kappa shape index (κ3) is 4.27. The molecule has 1 saturated heterocycles. The number of piperazine rings is 1. The van der Waals surface area contributed by atoms with Gasteiger partial charge < -0.3 is 10.1 Å². The Morgan fingerprint density at radius 1 is 1.00 bits per heavy atom. The molecule has 0 unspecified atom stereocenters. The van der Waals surface area contributed by atoms with Gasteiger partial charge in [-0.05, 0) is 28.8 Å². The molecule has 0 spiro atoms. The average Bonchev–Trinajstić information content (AvgIpc) is 2.57. The zero-order valence-corrected chi connectivity index (χ0v) is 12.8. The lowest BCUT2D eigenvalue weighted by Gasteiger charge is -2.28. The number of hydrogen-bond acceptors (Lipinski definition) is 3. The standard InChI is InChI=1S/C18H20F2N2O/c19-18(20)23-16-7-5-14(6-8-16)17-4-2-1-3-15(17)13-22-11-9-21-10-12-22/h1-8,18,21H,9-13H2. The van der Waals surface area contributed by atoms with Crippen molar-refractivity contribution in [2.24, 2.45) is 0 Å². The Morgan fingerprint density at radius 2 is 1.70 bits per heavy atom. The second-order valence-corrected chi connectivity index (χ2v) is 5.59. The van der Waals surface area contributed by atoms with E-state index in [1.54, 1.807) is 12.1 Å². The lowest BCUT2D eigenvalue weighted by atomic mass is 9.99. The van der Waals surface area contributed by atoms with Crippen molar-refractivity contribution in [3.8, 4) is 16.9 Å². The molecule has 5 heteroatoms. The highest BCUT2D eigenvalue weighted by atomic mass is 19.3. The van der Waals surface area contributed by atoms with E-state index in [4.69, 9.17) is 0 Å². The molecule has 0 aromatic heterocycles. The largest absolute Gasteiger partial charge is 0.435 e. The Morgan fingerprint density at radius 3 is 2.39 bits per heavy atom. The van der Waals surface area contributed by atoms with Crippen molar-refractivity contribution >= 4 is 0 Å². The molecule has 0 atom stereocenters. The molecule has 1 aliphatic rings. The molecule has 1 fully saturated rings. The van der Waals surface area contributed by atoms with Crippen molar-refractivity contribution in [1.29, 1.82) is 0 Å². The van der Waals surface area contributed by atoms with Crippen LogP contribution in [0.15, 0.2) is 48.5 Å². The van der Waals surface area contributed by atoms with Crippen LogP contribution in [0, 0.1) is 0 Å². The first-order valence-electron chi connectivity index (χ1n) is 7.78. The maximum atomic E-state index is 12.2. The van der Waals surface area contributed by atoms with Crippen molar-refractivity contribution in [3.05, 3.63) is 54.1 Å². The summed E-state index contributed by atoms with van der Waals surface area (Å²) in [5.74, 6) is 0.184. The van der Waals surface area contributed by atoms with Gasteiger partial charge in [-0.15, -0.1) is 0 Å². The molecule has 2 aromatic carbocycles. The number of alkyl halides is 2. The van der Waals surface area contributed by atoms with Gasteiger partial charge in [-0.3, -0.25) is 4.90 Å². The van der Waals surface area contributed by atoms with E-state index in [1.807, 2.05) is 24.3 Å². The number of halogens is 2.